The van der Waals surface area contributed by atoms with E-state index in [1.807, 2.05) is 45.9 Å². The van der Waals surface area contributed by atoms with Crippen molar-refractivity contribution < 1.29 is 53.6 Å². The molecule has 0 aliphatic carbocycles. The smallest absolute Gasteiger partial charge is 0.547 e. The molecule has 8 heteroatoms. The molecule has 1 fully saturated rings. The van der Waals surface area contributed by atoms with Crippen molar-refractivity contribution >= 4 is 5.97 Å². The fraction of sp³-hybridized carbons (Fsp3) is 0.611. The van der Waals surface area contributed by atoms with E-state index in [0.29, 0.717) is 5.75 Å². The number of benzene rings is 1. The Morgan fingerprint density at radius 2 is 1.54 bits per heavy atom. The molecule has 0 aromatic heterocycles. The van der Waals surface area contributed by atoms with Crippen LogP contribution in [0.15, 0.2) is 18.2 Å². The summed E-state index contributed by atoms with van der Waals surface area (Å²) in [4.78, 5) is 11.1. The summed E-state index contributed by atoms with van der Waals surface area (Å²) in [7, 11) is 0. The summed E-state index contributed by atoms with van der Waals surface area (Å²) in [5.41, 5.74) is 1.74. The maximum atomic E-state index is 11.1. The van der Waals surface area contributed by atoms with Crippen molar-refractivity contribution in [3.05, 3.63) is 29.3 Å². The van der Waals surface area contributed by atoms with Gasteiger partial charge in [-0.2, -0.15) is 0 Å². The van der Waals surface area contributed by atoms with E-state index >= 15 is 0 Å². The first-order valence-corrected chi connectivity index (χ1v) is 8.35. The van der Waals surface area contributed by atoms with Gasteiger partial charge in [0.15, 0.2) is 0 Å². The first-order chi connectivity index (χ1) is 11.6. The normalized spacial score (nSPS) is 28.7. The molecule has 0 spiro atoms. The molecule has 0 bridgehead atoms. The van der Waals surface area contributed by atoms with Crippen molar-refractivity contribution in [1.29, 1.82) is 0 Å². The van der Waals surface area contributed by atoms with Gasteiger partial charge in [0.05, 0.1) is 5.97 Å². The van der Waals surface area contributed by atoms with Crippen molar-refractivity contribution in [1.82, 2.24) is 0 Å². The van der Waals surface area contributed by atoms with E-state index in [2.05, 4.69) is 0 Å². The number of carbonyl (C=O) groups is 1. The van der Waals surface area contributed by atoms with E-state index < -0.39 is 36.7 Å². The molecular formula is C18H25LiO7. The molecule has 3 N–H and O–H groups in total. The van der Waals surface area contributed by atoms with Gasteiger partial charge in [0.2, 0.25) is 6.29 Å². The molecule has 1 saturated heterocycles. The van der Waals surface area contributed by atoms with Crippen molar-refractivity contribution in [2.45, 2.75) is 70.2 Å². The second kappa shape index (κ2) is 9.22. The van der Waals surface area contributed by atoms with Gasteiger partial charge in [0.25, 0.3) is 0 Å². The monoisotopic (exact) mass is 360 g/mol. The predicted molar refractivity (Wildman–Crippen MR) is 86.9 cm³/mol. The van der Waals surface area contributed by atoms with Crippen LogP contribution in [-0.4, -0.2) is 52.0 Å². The second-order valence-corrected chi connectivity index (χ2v) is 6.91. The third-order valence-electron chi connectivity index (χ3n) is 4.36. The number of hydrogen-bond acceptors (Lipinski definition) is 7. The summed E-state index contributed by atoms with van der Waals surface area (Å²) in [6.45, 7) is 7.92. The van der Waals surface area contributed by atoms with Crippen LogP contribution in [0.25, 0.3) is 0 Å². The molecule has 0 saturated carbocycles. The molecule has 140 valence electrons. The number of hydrogen-bond donors (Lipinski definition) is 3. The molecule has 26 heavy (non-hydrogen) atoms. The largest absolute Gasteiger partial charge is 1.00 e. The Morgan fingerprint density at radius 3 is 1.96 bits per heavy atom. The molecule has 0 radical (unpaired) electrons. The van der Waals surface area contributed by atoms with Gasteiger partial charge in [-0.3, -0.25) is 0 Å². The van der Waals surface area contributed by atoms with Gasteiger partial charge >= 0.3 is 18.9 Å². The Kier molecular flexibility index (Phi) is 8.15. The van der Waals surface area contributed by atoms with Crippen LogP contribution in [0.3, 0.4) is 0 Å². The van der Waals surface area contributed by atoms with Crippen molar-refractivity contribution in [2.75, 3.05) is 0 Å². The summed E-state index contributed by atoms with van der Waals surface area (Å²) < 4.78 is 11.0. The van der Waals surface area contributed by atoms with Crippen LogP contribution >= 0.6 is 0 Å². The van der Waals surface area contributed by atoms with Crippen LogP contribution in [0, 0.1) is 0 Å². The van der Waals surface area contributed by atoms with Gasteiger partial charge in [0.1, 0.15) is 30.2 Å². The number of carboxylic acids is 1. The van der Waals surface area contributed by atoms with Crippen LogP contribution in [0.1, 0.15) is 50.7 Å². The second-order valence-electron chi connectivity index (χ2n) is 6.91. The first kappa shape index (κ1) is 23.0. The minimum atomic E-state index is -1.80. The molecule has 5 atom stereocenters. The number of ether oxygens (including phenoxy) is 2. The molecule has 1 aromatic carbocycles. The average molecular weight is 360 g/mol. The van der Waals surface area contributed by atoms with Gasteiger partial charge < -0.3 is 34.7 Å². The Hall–Kier alpha value is -1.07. The minimum Gasteiger partial charge on any atom is -0.547 e. The Balaban J connectivity index is 0.00000338. The van der Waals surface area contributed by atoms with Crippen LogP contribution in [0.4, 0.5) is 0 Å². The van der Waals surface area contributed by atoms with Crippen molar-refractivity contribution in [2.24, 2.45) is 0 Å². The Labute approximate surface area is 165 Å². The molecular weight excluding hydrogens is 335 g/mol. The molecule has 0 unspecified atom stereocenters. The summed E-state index contributed by atoms with van der Waals surface area (Å²) in [6.07, 6.45) is -8.37. The fourth-order valence-electron chi connectivity index (χ4n) is 2.88. The first-order valence-electron chi connectivity index (χ1n) is 8.35. The van der Waals surface area contributed by atoms with Gasteiger partial charge in [-0.05, 0) is 23.0 Å². The molecule has 0 amide bonds. The number of aliphatic hydroxyl groups is 3. The van der Waals surface area contributed by atoms with Crippen LogP contribution in [0.5, 0.6) is 5.75 Å². The Bertz CT molecular complexity index is 593. The third-order valence-corrected chi connectivity index (χ3v) is 4.36. The van der Waals surface area contributed by atoms with Gasteiger partial charge in [-0.25, -0.2) is 0 Å². The standard InChI is InChI=1S/C18H26O7.Li/c1-8(2)10-6-5-7-11(9(3)4)15(10)24-18-14(21)12(19)13(20)16(25-18)17(22)23;/h5-9,12-14,16,18-21H,1-4H3,(H,22,23);/q;+1/p-1/t12-,13-,14+,16-,18+;/m0./s1. The van der Waals surface area contributed by atoms with E-state index in [1.54, 1.807) is 0 Å². The van der Waals surface area contributed by atoms with E-state index in [0.717, 1.165) is 11.1 Å². The Morgan fingerprint density at radius 1 is 1.04 bits per heavy atom. The van der Waals surface area contributed by atoms with Crippen molar-refractivity contribution in [3.8, 4) is 5.75 Å². The van der Waals surface area contributed by atoms with Gasteiger partial charge in [0, 0.05) is 0 Å². The third kappa shape index (κ3) is 4.60. The van der Waals surface area contributed by atoms with E-state index in [4.69, 9.17) is 9.47 Å². The number of carboxylic acid groups (broad SMARTS) is 1. The average Bonchev–Trinajstić information content (AvgIpc) is 2.54. The number of aliphatic hydroxyl groups excluding tert-OH is 3. The number of aliphatic carboxylic acids is 1. The predicted octanol–water partition coefficient (Wildman–Crippen LogP) is -3.13. The summed E-state index contributed by atoms with van der Waals surface area (Å²) in [5, 5.41) is 40.9. The molecule has 2 rings (SSSR count). The quantitative estimate of drug-likeness (QED) is 0.475. The van der Waals surface area contributed by atoms with E-state index in [-0.39, 0.29) is 30.7 Å². The zero-order valence-electron chi connectivity index (χ0n) is 15.7. The van der Waals surface area contributed by atoms with Crippen LogP contribution < -0.4 is 28.7 Å². The van der Waals surface area contributed by atoms with Crippen LogP contribution in [-0.2, 0) is 9.53 Å². The van der Waals surface area contributed by atoms with Crippen molar-refractivity contribution in [3.63, 3.8) is 0 Å². The number of rotatable bonds is 5. The van der Waals surface area contributed by atoms with E-state index in [9.17, 15) is 25.2 Å². The van der Waals surface area contributed by atoms with E-state index in [1.165, 1.54) is 0 Å². The SMILES string of the molecule is CC(C)c1cccc(C(C)C)c1O[C@@H]1O[C@H](C(=O)[O-])[C@@H](O)[C@H](O)[C@H]1O.[Li+]. The van der Waals surface area contributed by atoms with Crippen LogP contribution in [0.2, 0.25) is 0 Å². The number of para-hydroxylation sites is 1. The molecule has 1 aromatic rings. The maximum Gasteiger partial charge on any atom is 1.00 e. The zero-order chi connectivity index (χ0) is 18.9. The minimum absolute atomic E-state index is 0. The topological polar surface area (TPSA) is 119 Å². The molecule has 1 aliphatic rings. The zero-order valence-corrected chi connectivity index (χ0v) is 15.7. The van der Waals surface area contributed by atoms with Gasteiger partial charge in [-0.1, -0.05) is 45.9 Å². The maximum absolute atomic E-state index is 11.1. The fourth-order valence-corrected chi connectivity index (χ4v) is 2.88. The summed E-state index contributed by atoms with van der Waals surface area (Å²) in [5.74, 6) is -0.978. The summed E-state index contributed by atoms with van der Waals surface area (Å²) >= 11 is 0. The molecule has 1 heterocycles. The summed E-state index contributed by atoms with van der Waals surface area (Å²) in [6, 6.07) is 5.66. The molecule has 7 nitrogen and oxygen atoms in total. The van der Waals surface area contributed by atoms with Gasteiger partial charge in [-0.15, -0.1) is 0 Å². The molecule has 1 aliphatic heterocycles. The number of carbonyl (C=O) groups excluding carboxylic acids is 1.